The largest absolute Gasteiger partial charge is 0.496 e. The van der Waals surface area contributed by atoms with Crippen molar-refractivity contribution >= 4 is 21.8 Å². The molecule has 2 N–H and O–H groups in total. The van der Waals surface area contributed by atoms with Gasteiger partial charge in [-0.15, -0.1) is 0 Å². The Bertz CT molecular complexity index is 409. The summed E-state index contributed by atoms with van der Waals surface area (Å²) in [5.41, 5.74) is 0.462. The monoisotopic (exact) mass is 315 g/mol. The molecule has 0 bridgehead atoms. The Balaban J connectivity index is 2.66. The van der Waals surface area contributed by atoms with Gasteiger partial charge in [0.05, 0.1) is 18.8 Å². The summed E-state index contributed by atoms with van der Waals surface area (Å²) in [5.74, 6) is 0.265. The van der Waals surface area contributed by atoms with E-state index < -0.39 is 6.10 Å². The summed E-state index contributed by atoms with van der Waals surface area (Å²) in [6.45, 7) is 2.24. The SMILES string of the molecule is CCCC(O)CNC(=O)c1ccc(Br)cc1OC. The fraction of sp³-hybridized carbons (Fsp3) is 0.462. The average Bonchev–Trinajstić information content (AvgIpc) is 2.36. The van der Waals surface area contributed by atoms with Crippen molar-refractivity contribution in [1.82, 2.24) is 5.32 Å². The van der Waals surface area contributed by atoms with Crippen molar-refractivity contribution in [2.75, 3.05) is 13.7 Å². The van der Waals surface area contributed by atoms with E-state index in [-0.39, 0.29) is 12.5 Å². The summed E-state index contributed by atoms with van der Waals surface area (Å²) in [6.07, 6.45) is 1.07. The number of halogens is 1. The number of benzene rings is 1. The maximum Gasteiger partial charge on any atom is 0.255 e. The molecular weight excluding hydrogens is 298 g/mol. The van der Waals surface area contributed by atoms with Crippen LogP contribution in [-0.2, 0) is 0 Å². The van der Waals surface area contributed by atoms with Crippen molar-refractivity contribution in [2.45, 2.75) is 25.9 Å². The van der Waals surface area contributed by atoms with E-state index in [4.69, 9.17) is 4.74 Å². The highest BCUT2D eigenvalue weighted by Crippen LogP contribution is 2.23. The number of aliphatic hydroxyl groups excluding tert-OH is 1. The molecule has 0 spiro atoms. The lowest BCUT2D eigenvalue weighted by Crippen LogP contribution is -2.32. The molecule has 0 fully saturated rings. The normalized spacial score (nSPS) is 12.0. The van der Waals surface area contributed by atoms with Gasteiger partial charge in [-0.2, -0.15) is 0 Å². The Morgan fingerprint density at radius 3 is 2.89 bits per heavy atom. The van der Waals surface area contributed by atoms with Crippen molar-refractivity contribution < 1.29 is 14.6 Å². The molecule has 0 radical (unpaired) electrons. The molecule has 1 aromatic rings. The van der Waals surface area contributed by atoms with Crippen molar-refractivity contribution in [3.8, 4) is 5.75 Å². The summed E-state index contributed by atoms with van der Waals surface area (Å²) in [5, 5.41) is 12.3. The van der Waals surface area contributed by atoms with Crippen LogP contribution in [0.1, 0.15) is 30.1 Å². The number of rotatable bonds is 6. The Hall–Kier alpha value is -1.07. The van der Waals surface area contributed by atoms with Crippen molar-refractivity contribution in [3.63, 3.8) is 0 Å². The van der Waals surface area contributed by atoms with Crippen LogP contribution in [0, 0.1) is 0 Å². The second-order valence-corrected chi connectivity index (χ2v) is 4.91. The average molecular weight is 316 g/mol. The number of nitrogens with one attached hydrogen (secondary N) is 1. The van der Waals surface area contributed by atoms with Crippen molar-refractivity contribution in [2.24, 2.45) is 0 Å². The minimum Gasteiger partial charge on any atom is -0.496 e. The van der Waals surface area contributed by atoms with E-state index in [0.717, 1.165) is 10.9 Å². The Labute approximate surface area is 115 Å². The molecule has 1 unspecified atom stereocenters. The first kappa shape index (κ1) is 15.0. The quantitative estimate of drug-likeness (QED) is 0.847. The van der Waals surface area contributed by atoms with Crippen LogP contribution in [0.25, 0.3) is 0 Å². The highest BCUT2D eigenvalue weighted by Gasteiger charge is 2.13. The zero-order valence-corrected chi connectivity index (χ0v) is 12.2. The van der Waals surface area contributed by atoms with E-state index in [1.54, 1.807) is 18.2 Å². The molecule has 100 valence electrons. The van der Waals surface area contributed by atoms with Gasteiger partial charge in [0.25, 0.3) is 5.91 Å². The van der Waals surface area contributed by atoms with Gasteiger partial charge in [0.2, 0.25) is 0 Å². The summed E-state index contributed by atoms with van der Waals surface area (Å²) >= 11 is 3.32. The lowest BCUT2D eigenvalue weighted by molar-refractivity contribution is 0.0907. The molecular formula is C13H18BrNO3. The Morgan fingerprint density at radius 2 is 2.28 bits per heavy atom. The molecule has 5 heteroatoms. The van der Waals surface area contributed by atoms with Crippen molar-refractivity contribution in [1.29, 1.82) is 0 Å². The number of carbonyl (C=O) groups excluding carboxylic acids is 1. The maximum absolute atomic E-state index is 11.9. The first-order chi connectivity index (χ1) is 8.58. The lowest BCUT2D eigenvalue weighted by Gasteiger charge is -2.12. The highest BCUT2D eigenvalue weighted by atomic mass is 79.9. The molecule has 18 heavy (non-hydrogen) atoms. The number of hydrogen-bond acceptors (Lipinski definition) is 3. The third-order valence-corrected chi connectivity index (χ3v) is 3.02. The molecule has 0 aliphatic rings. The predicted molar refractivity (Wildman–Crippen MR) is 73.9 cm³/mol. The molecule has 0 aromatic heterocycles. The molecule has 1 amide bonds. The van der Waals surface area contributed by atoms with Crippen LogP contribution in [0.5, 0.6) is 5.75 Å². The van der Waals surface area contributed by atoms with Gasteiger partial charge >= 0.3 is 0 Å². The van der Waals surface area contributed by atoms with Gasteiger partial charge in [-0.25, -0.2) is 0 Å². The van der Waals surface area contributed by atoms with E-state index in [0.29, 0.717) is 17.7 Å². The fourth-order valence-electron chi connectivity index (χ4n) is 1.59. The van der Waals surface area contributed by atoms with Gasteiger partial charge in [-0.05, 0) is 24.6 Å². The molecule has 0 saturated carbocycles. The van der Waals surface area contributed by atoms with E-state index in [2.05, 4.69) is 21.2 Å². The van der Waals surface area contributed by atoms with Crippen LogP contribution < -0.4 is 10.1 Å². The maximum atomic E-state index is 11.9. The first-order valence-corrected chi connectivity index (χ1v) is 6.67. The summed E-state index contributed by atoms with van der Waals surface area (Å²) in [4.78, 5) is 11.9. The predicted octanol–water partition coefficient (Wildman–Crippen LogP) is 2.35. The molecule has 1 rings (SSSR count). The highest BCUT2D eigenvalue weighted by molar-refractivity contribution is 9.10. The molecule has 0 aliphatic carbocycles. The van der Waals surface area contributed by atoms with Gasteiger partial charge in [0.15, 0.2) is 0 Å². The van der Waals surface area contributed by atoms with Gasteiger partial charge in [0, 0.05) is 11.0 Å². The van der Waals surface area contributed by atoms with Crippen LogP contribution in [-0.4, -0.2) is 30.8 Å². The number of methoxy groups -OCH3 is 1. The molecule has 4 nitrogen and oxygen atoms in total. The molecule has 0 aliphatic heterocycles. The smallest absolute Gasteiger partial charge is 0.255 e. The van der Waals surface area contributed by atoms with Gasteiger partial charge < -0.3 is 15.2 Å². The fourth-order valence-corrected chi connectivity index (χ4v) is 1.93. The van der Waals surface area contributed by atoms with Crippen LogP contribution in [0.4, 0.5) is 0 Å². The first-order valence-electron chi connectivity index (χ1n) is 5.88. The topological polar surface area (TPSA) is 58.6 Å². The van der Waals surface area contributed by atoms with E-state index in [1.165, 1.54) is 7.11 Å². The zero-order valence-electron chi connectivity index (χ0n) is 10.6. The van der Waals surface area contributed by atoms with E-state index in [1.807, 2.05) is 6.92 Å². The molecule has 0 saturated heterocycles. The number of carbonyl (C=O) groups is 1. The Morgan fingerprint density at radius 1 is 1.56 bits per heavy atom. The number of amides is 1. The van der Waals surface area contributed by atoms with Crippen LogP contribution in [0.15, 0.2) is 22.7 Å². The number of ether oxygens (including phenoxy) is 1. The molecule has 1 atom stereocenters. The molecule has 0 heterocycles. The van der Waals surface area contributed by atoms with Gasteiger partial charge in [0.1, 0.15) is 5.75 Å². The number of hydrogen-bond donors (Lipinski definition) is 2. The number of aliphatic hydroxyl groups is 1. The van der Waals surface area contributed by atoms with Crippen molar-refractivity contribution in [3.05, 3.63) is 28.2 Å². The minimum atomic E-state index is -0.500. The molecule has 1 aromatic carbocycles. The summed E-state index contributed by atoms with van der Waals surface area (Å²) in [7, 11) is 1.52. The van der Waals surface area contributed by atoms with Crippen LogP contribution >= 0.6 is 15.9 Å². The van der Waals surface area contributed by atoms with E-state index >= 15 is 0 Å². The van der Waals surface area contributed by atoms with Gasteiger partial charge in [-0.1, -0.05) is 29.3 Å². The lowest BCUT2D eigenvalue weighted by atomic mass is 10.1. The summed E-state index contributed by atoms with van der Waals surface area (Å²) < 4.78 is 6.00. The summed E-state index contributed by atoms with van der Waals surface area (Å²) in [6, 6.07) is 5.20. The second-order valence-electron chi connectivity index (χ2n) is 4.00. The second kappa shape index (κ2) is 7.38. The van der Waals surface area contributed by atoms with E-state index in [9.17, 15) is 9.90 Å². The third kappa shape index (κ3) is 4.31. The van der Waals surface area contributed by atoms with Crippen LogP contribution in [0.3, 0.4) is 0 Å². The third-order valence-electron chi connectivity index (χ3n) is 2.53. The minimum absolute atomic E-state index is 0.241. The van der Waals surface area contributed by atoms with Gasteiger partial charge in [-0.3, -0.25) is 4.79 Å². The van der Waals surface area contributed by atoms with Crippen LogP contribution in [0.2, 0.25) is 0 Å². The Kier molecular flexibility index (Phi) is 6.15. The standard InChI is InChI=1S/C13H18BrNO3/c1-3-4-10(16)8-15-13(17)11-6-5-9(14)7-12(11)18-2/h5-7,10,16H,3-4,8H2,1-2H3,(H,15,17). The zero-order chi connectivity index (χ0) is 13.5.